The third-order valence-electron chi connectivity index (χ3n) is 19.9. The molecule has 0 aromatic rings. The molecule has 12 atom stereocenters. The van der Waals surface area contributed by atoms with Crippen molar-refractivity contribution in [2.24, 2.45) is 0 Å². The van der Waals surface area contributed by atoms with Crippen LogP contribution in [0.4, 0.5) is 0 Å². The summed E-state index contributed by atoms with van der Waals surface area (Å²) >= 11 is 0. The Bertz CT molecular complexity index is 1650. The number of allylic oxidation sites excluding steroid dienone is 3. The number of nitrogens with one attached hydrogen (secondary N) is 1. The summed E-state index contributed by atoms with van der Waals surface area (Å²) in [5.74, 6) is -0.240. The molecule has 12 unspecified atom stereocenters. The van der Waals surface area contributed by atoms with Crippen LogP contribution in [0.15, 0.2) is 24.3 Å². The van der Waals surface area contributed by atoms with Gasteiger partial charge in [-0.1, -0.05) is 366 Å². The molecule has 14 heteroatoms. The molecule has 93 heavy (non-hydrogen) atoms. The second-order valence-corrected chi connectivity index (χ2v) is 28.5. The molecule has 2 aliphatic heterocycles. The molecule has 2 aliphatic rings. The first-order valence-electron chi connectivity index (χ1n) is 40.1. The molecule has 2 heterocycles. The molecule has 550 valence electrons. The summed E-state index contributed by atoms with van der Waals surface area (Å²) in [6.45, 7) is 2.86. The summed E-state index contributed by atoms with van der Waals surface area (Å²) in [5, 5.41) is 87.6. The van der Waals surface area contributed by atoms with E-state index in [4.69, 9.17) is 18.9 Å². The van der Waals surface area contributed by atoms with Gasteiger partial charge in [-0.05, 0) is 32.1 Å². The van der Waals surface area contributed by atoms with Gasteiger partial charge in [-0.2, -0.15) is 0 Å². The van der Waals surface area contributed by atoms with Gasteiger partial charge in [0.15, 0.2) is 12.6 Å². The van der Waals surface area contributed by atoms with E-state index in [1.165, 1.54) is 315 Å². The highest BCUT2D eigenvalue weighted by Crippen LogP contribution is 2.30. The van der Waals surface area contributed by atoms with E-state index in [1.807, 2.05) is 6.08 Å². The van der Waals surface area contributed by atoms with Gasteiger partial charge in [0.2, 0.25) is 5.91 Å². The maximum Gasteiger partial charge on any atom is 0.220 e. The van der Waals surface area contributed by atoms with Gasteiger partial charge >= 0.3 is 0 Å². The first-order chi connectivity index (χ1) is 45.6. The summed E-state index contributed by atoms with van der Waals surface area (Å²) in [6.07, 6.45) is 65.6. The fraction of sp³-hybridized carbons (Fsp3) is 0.937. The number of carbonyl (C=O) groups is 1. The van der Waals surface area contributed by atoms with Crippen molar-refractivity contribution in [3.8, 4) is 0 Å². The van der Waals surface area contributed by atoms with Gasteiger partial charge < -0.3 is 65.1 Å². The maximum atomic E-state index is 13.4. The second kappa shape index (κ2) is 63.9. The zero-order valence-electron chi connectivity index (χ0n) is 60.3. The highest BCUT2D eigenvalue weighted by Gasteiger charge is 2.51. The molecular formula is C79H151NO13. The summed E-state index contributed by atoms with van der Waals surface area (Å²) in [7, 11) is 0. The van der Waals surface area contributed by atoms with E-state index < -0.39 is 86.8 Å². The Morgan fingerprint density at radius 1 is 0.376 bits per heavy atom. The van der Waals surface area contributed by atoms with Gasteiger partial charge in [-0.3, -0.25) is 4.79 Å². The van der Waals surface area contributed by atoms with Gasteiger partial charge in [-0.25, -0.2) is 0 Å². The third-order valence-corrected chi connectivity index (χ3v) is 19.9. The molecule has 0 aromatic heterocycles. The van der Waals surface area contributed by atoms with Crippen LogP contribution >= 0.6 is 0 Å². The van der Waals surface area contributed by atoms with Crippen LogP contribution in [0.3, 0.4) is 0 Å². The number of hydrogen-bond donors (Lipinski definition) is 9. The molecule has 0 radical (unpaired) electrons. The van der Waals surface area contributed by atoms with Gasteiger partial charge in [0, 0.05) is 6.42 Å². The Balaban J connectivity index is 1.63. The summed E-state index contributed by atoms with van der Waals surface area (Å²) < 4.78 is 22.9. The molecule has 2 saturated heterocycles. The minimum absolute atomic E-state index is 0.240. The normalized spacial score (nSPS) is 22.6. The summed E-state index contributed by atoms with van der Waals surface area (Å²) in [6, 6.07) is -0.930. The number of ether oxygens (including phenoxy) is 4. The van der Waals surface area contributed by atoms with Crippen molar-refractivity contribution in [1.82, 2.24) is 5.32 Å². The van der Waals surface area contributed by atoms with Crippen molar-refractivity contribution >= 4 is 5.91 Å². The number of unbranched alkanes of at least 4 members (excludes halogenated alkanes) is 53. The Morgan fingerprint density at radius 2 is 0.688 bits per heavy atom. The predicted octanol–water partition coefficient (Wildman–Crippen LogP) is 17.9. The van der Waals surface area contributed by atoms with Crippen molar-refractivity contribution in [2.75, 3.05) is 19.8 Å². The lowest BCUT2D eigenvalue weighted by molar-refractivity contribution is -0.359. The topological polar surface area (TPSA) is 228 Å². The van der Waals surface area contributed by atoms with Crippen LogP contribution in [0, 0.1) is 0 Å². The second-order valence-electron chi connectivity index (χ2n) is 28.5. The number of carbonyl (C=O) groups excluding carboxylic acids is 1. The first-order valence-corrected chi connectivity index (χ1v) is 40.1. The molecule has 0 aliphatic carbocycles. The van der Waals surface area contributed by atoms with Crippen LogP contribution < -0.4 is 5.32 Å². The van der Waals surface area contributed by atoms with Crippen LogP contribution in [-0.2, 0) is 23.7 Å². The zero-order valence-corrected chi connectivity index (χ0v) is 60.3. The summed E-state index contributed by atoms with van der Waals surface area (Å²) in [4.78, 5) is 13.4. The van der Waals surface area contributed by atoms with Crippen molar-refractivity contribution in [3.05, 3.63) is 24.3 Å². The van der Waals surface area contributed by atoms with Gasteiger partial charge in [-0.15, -0.1) is 0 Å². The van der Waals surface area contributed by atoms with E-state index in [-0.39, 0.29) is 18.9 Å². The number of aliphatic hydroxyl groups is 8. The van der Waals surface area contributed by atoms with E-state index >= 15 is 0 Å². The smallest absolute Gasteiger partial charge is 0.220 e. The number of rotatable bonds is 68. The maximum absolute atomic E-state index is 13.4. The van der Waals surface area contributed by atoms with Crippen LogP contribution in [0.1, 0.15) is 380 Å². The average Bonchev–Trinajstić information content (AvgIpc) is 0.845. The summed E-state index contributed by atoms with van der Waals surface area (Å²) in [5.41, 5.74) is 0. The fourth-order valence-electron chi connectivity index (χ4n) is 13.6. The van der Waals surface area contributed by atoms with Crippen LogP contribution in [-0.4, -0.2) is 140 Å². The van der Waals surface area contributed by atoms with E-state index in [9.17, 15) is 45.6 Å². The van der Waals surface area contributed by atoms with E-state index in [2.05, 4.69) is 31.3 Å². The van der Waals surface area contributed by atoms with E-state index in [1.54, 1.807) is 6.08 Å². The number of amides is 1. The Morgan fingerprint density at radius 3 is 1.05 bits per heavy atom. The van der Waals surface area contributed by atoms with Crippen LogP contribution in [0.25, 0.3) is 0 Å². The average molecular weight is 1320 g/mol. The predicted molar refractivity (Wildman–Crippen MR) is 383 cm³/mol. The molecule has 2 fully saturated rings. The van der Waals surface area contributed by atoms with Crippen molar-refractivity contribution in [2.45, 2.75) is 453 Å². The molecule has 0 aromatic carbocycles. The lowest BCUT2D eigenvalue weighted by Crippen LogP contribution is -2.65. The molecule has 9 N–H and O–H groups in total. The SMILES string of the molecule is CCCCCCCCCCCCCCCCCCCCCCCCC/C=C/CC/C=C/C(O)C(COC1OC(CO)C(OC2OC(CO)C(O)C(O)C2O)C(O)C1O)NC(=O)CCCCCCCCCCCCCCCCCCCCCCCCCCCCCCCC. The standard InChI is InChI=1S/C79H151NO13/c1-3-5-7-9-11-13-15-17-19-21-23-25-27-29-31-33-35-37-39-41-43-45-47-49-51-53-55-57-59-61-63-71(84)80-67(66-90-78-76(89)74(87)77(70(65-82)92-78)93-79-75(88)73(86)72(85)69(64-81)91-79)68(83)62-60-58-56-54-52-50-48-46-44-42-40-38-36-34-32-30-28-26-24-22-20-18-16-14-12-10-8-6-4-2/h52,54,60,62,67-70,72-79,81-83,85-89H,3-51,53,55-59,61,63-66H2,1-2H3,(H,80,84)/b54-52+,62-60+. The molecule has 0 spiro atoms. The quantitative estimate of drug-likeness (QED) is 0.0204. The molecule has 0 bridgehead atoms. The van der Waals surface area contributed by atoms with E-state index in [0.717, 1.165) is 32.1 Å². The molecule has 14 nitrogen and oxygen atoms in total. The molecule has 0 saturated carbocycles. The molecule has 2 rings (SSSR count). The minimum Gasteiger partial charge on any atom is -0.394 e. The van der Waals surface area contributed by atoms with Crippen molar-refractivity contribution < 1.29 is 64.6 Å². The molecular weight excluding hydrogens is 1170 g/mol. The number of hydrogen-bond acceptors (Lipinski definition) is 13. The van der Waals surface area contributed by atoms with Gasteiger partial charge in [0.05, 0.1) is 32.0 Å². The lowest BCUT2D eigenvalue weighted by atomic mass is 9.97. The molecule has 1 amide bonds. The lowest BCUT2D eigenvalue weighted by Gasteiger charge is -2.46. The van der Waals surface area contributed by atoms with Gasteiger partial charge in [0.1, 0.15) is 48.8 Å². The highest BCUT2D eigenvalue weighted by molar-refractivity contribution is 5.76. The largest absolute Gasteiger partial charge is 0.394 e. The van der Waals surface area contributed by atoms with Crippen LogP contribution in [0.5, 0.6) is 0 Å². The Labute approximate surface area is 570 Å². The van der Waals surface area contributed by atoms with Gasteiger partial charge in [0.25, 0.3) is 0 Å². The monoisotopic (exact) mass is 1320 g/mol. The zero-order chi connectivity index (χ0) is 67.3. The Kier molecular flexibility index (Phi) is 60.1. The van der Waals surface area contributed by atoms with Crippen molar-refractivity contribution in [1.29, 1.82) is 0 Å². The highest BCUT2D eigenvalue weighted by atomic mass is 16.7. The van der Waals surface area contributed by atoms with E-state index in [0.29, 0.717) is 12.8 Å². The third kappa shape index (κ3) is 47.2. The fourth-order valence-corrected chi connectivity index (χ4v) is 13.6. The minimum atomic E-state index is -1.79. The Hall–Kier alpha value is -1.53. The van der Waals surface area contributed by atoms with Crippen molar-refractivity contribution in [3.63, 3.8) is 0 Å². The van der Waals surface area contributed by atoms with Crippen LogP contribution in [0.2, 0.25) is 0 Å². The number of aliphatic hydroxyl groups excluding tert-OH is 8. The first kappa shape index (κ1) is 87.6.